The summed E-state index contributed by atoms with van der Waals surface area (Å²) >= 11 is 0. The minimum atomic E-state index is 0.502. The van der Waals surface area contributed by atoms with Gasteiger partial charge in [-0.05, 0) is 19.9 Å². The van der Waals surface area contributed by atoms with E-state index in [-0.39, 0.29) is 0 Å². The molecule has 0 saturated heterocycles. The first-order valence-electron chi connectivity index (χ1n) is 3.51. The van der Waals surface area contributed by atoms with Crippen LogP contribution in [-0.4, -0.2) is 24.0 Å². The highest BCUT2D eigenvalue weighted by atomic mass is 16.5. The zero-order chi connectivity index (χ0) is 8.69. The third-order valence-electron chi connectivity index (χ3n) is 1.07. The lowest BCUT2D eigenvalue weighted by atomic mass is 10.3. The lowest BCUT2D eigenvalue weighted by Gasteiger charge is -2.04. The first-order valence-corrected chi connectivity index (χ1v) is 3.51. The van der Waals surface area contributed by atoms with Crippen LogP contribution < -0.4 is 10.8 Å². The number of rotatable bonds is 5. The van der Waals surface area contributed by atoms with Crippen molar-refractivity contribution in [1.29, 1.82) is 5.41 Å². The summed E-state index contributed by atoms with van der Waals surface area (Å²) in [6, 6.07) is 0. The largest absolute Gasteiger partial charge is 0.387 e. The van der Waals surface area contributed by atoms with Crippen molar-refractivity contribution >= 4 is 5.71 Å². The summed E-state index contributed by atoms with van der Waals surface area (Å²) < 4.78 is 0. The third kappa shape index (κ3) is 7.02. The van der Waals surface area contributed by atoms with Crippen molar-refractivity contribution in [2.24, 2.45) is 0 Å². The Morgan fingerprint density at radius 3 is 2.55 bits per heavy atom. The van der Waals surface area contributed by atoms with Crippen LogP contribution in [0.4, 0.5) is 0 Å². The molecule has 0 radical (unpaired) electrons. The van der Waals surface area contributed by atoms with E-state index in [1.54, 1.807) is 13.0 Å². The van der Waals surface area contributed by atoms with Gasteiger partial charge in [-0.25, -0.2) is 5.48 Å². The number of hydroxylamine groups is 1. The van der Waals surface area contributed by atoms with E-state index in [2.05, 4.69) is 5.32 Å². The van der Waals surface area contributed by atoms with E-state index in [1.807, 2.05) is 12.4 Å². The molecule has 0 aromatic rings. The molecule has 0 bridgehead atoms. The highest BCUT2D eigenvalue weighted by molar-refractivity contribution is 5.90. The number of nitrogens with one attached hydrogen (secondary N) is 3. The van der Waals surface area contributed by atoms with Gasteiger partial charge in [0.25, 0.3) is 0 Å². The van der Waals surface area contributed by atoms with Crippen LogP contribution in [0, 0.1) is 5.41 Å². The molecule has 0 rings (SSSR count). The monoisotopic (exact) mass is 157 g/mol. The SMILES string of the molecule is CC(=N)/C=C(/C)NCCNO. The van der Waals surface area contributed by atoms with Gasteiger partial charge < -0.3 is 15.9 Å². The second kappa shape index (κ2) is 5.88. The van der Waals surface area contributed by atoms with E-state index in [1.165, 1.54) is 0 Å². The molecule has 64 valence electrons. The van der Waals surface area contributed by atoms with Crippen LogP contribution in [0.15, 0.2) is 11.8 Å². The van der Waals surface area contributed by atoms with Crippen molar-refractivity contribution in [1.82, 2.24) is 10.8 Å². The summed E-state index contributed by atoms with van der Waals surface area (Å²) in [6.07, 6.45) is 1.73. The summed E-state index contributed by atoms with van der Waals surface area (Å²) in [5, 5.41) is 18.3. The van der Waals surface area contributed by atoms with Crippen LogP contribution in [0.3, 0.4) is 0 Å². The van der Waals surface area contributed by atoms with Gasteiger partial charge in [-0.2, -0.15) is 0 Å². The predicted octanol–water partition coefficient (Wildman–Crippen LogP) is 0.498. The zero-order valence-electron chi connectivity index (χ0n) is 6.94. The Morgan fingerprint density at radius 2 is 2.09 bits per heavy atom. The Hall–Kier alpha value is -0.870. The van der Waals surface area contributed by atoms with Gasteiger partial charge in [-0.15, -0.1) is 0 Å². The quantitative estimate of drug-likeness (QED) is 0.267. The van der Waals surface area contributed by atoms with Crippen molar-refractivity contribution < 1.29 is 5.21 Å². The normalized spacial score (nSPS) is 11.4. The Morgan fingerprint density at radius 1 is 1.45 bits per heavy atom. The molecule has 4 heteroatoms. The first-order chi connectivity index (χ1) is 5.16. The molecule has 0 aliphatic heterocycles. The van der Waals surface area contributed by atoms with E-state index in [0.717, 1.165) is 5.70 Å². The smallest absolute Gasteiger partial charge is 0.0380 e. The molecular weight excluding hydrogens is 142 g/mol. The lowest BCUT2D eigenvalue weighted by molar-refractivity contribution is 0.168. The first kappa shape index (κ1) is 10.1. The fourth-order valence-electron chi connectivity index (χ4n) is 0.691. The molecule has 0 spiro atoms. The summed E-state index contributed by atoms with van der Waals surface area (Å²) in [5.41, 5.74) is 3.49. The minimum Gasteiger partial charge on any atom is -0.387 e. The number of allylic oxidation sites excluding steroid dienone is 2. The van der Waals surface area contributed by atoms with Crippen LogP contribution in [-0.2, 0) is 0 Å². The standard InChI is InChI=1S/C7H15N3O/c1-6(8)5-7(2)9-3-4-10-11/h5,8-11H,3-4H2,1-2H3/b7-5-,8-6?. The van der Waals surface area contributed by atoms with Gasteiger partial charge in [0.05, 0.1) is 0 Å². The fraction of sp³-hybridized carbons (Fsp3) is 0.571. The predicted molar refractivity (Wildman–Crippen MR) is 44.9 cm³/mol. The summed E-state index contributed by atoms with van der Waals surface area (Å²) in [6.45, 7) is 4.76. The molecule has 4 N–H and O–H groups in total. The molecule has 0 amide bonds. The van der Waals surface area contributed by atoms with Gasteiger partial charge in [0.15, 0.2) is 0 Å². The average Bonchev–Trinajstić information content (AvgIpc) is 1.86. The van der Waals surface area contributed by atoms with Crippen molar-refractivity contribution in [2.45, 2.75) is 13.8 Å². The molecular formula is C7H15N3O. The minimum absolute atomic E-state index is 0.502. The molecule has 0 fully saturated rings. The number of hydrogen-bond acceptors (Lipinski definition) is 4. The zero-order valence-corrected chi connectivity index (χ0v) is 6.94. The molecule has 0 aromatic carbocycles. The fourth-order valence-corrected chi connectivity index (χ4v) is 0.691. The van der Waals surface area contributed by atoms with Gasteiger partial charge in [-0.3, -0.25) is 0 Å². The van der Waals surface area contributed by atoms with Crippen LogP contribution >= 0.6 is 0 Å². The maximum Gasteiger partial charge on any atom is 0.0380 e. The van der Waals surface area contributed by atoms with E-state index < -0.39 is 0 Å². The Bertz CT molecular complexity index is 154. The van der Waals surface area contributed by atoms with Crippen LogP contribution in [0.2, 0.25) is 0 Å². The molecule has 0 aromatic heterocycles. The third-order valence-corrected chi connectivity index (χ3v) is 1.07. The van der Waals surface area contributed by atoms with Crippen LogP contribution in [0.5, 0.6) is 0 Å². The maximum atomic E-state index is 8.21. The van der Waals surface area contributed by atoms with Gasteiger partial charge in [0.2, 0.25) is 0 Å². The summed E-state index contributed by atoms with van der Waals surface area (Å²) in [5.74, 6) is 0. The Balaban J connectivity index is 3.51. The molecule has 0 aliphatic carbocycles. The van der Waals surface area contributed by atoms with Crippen molar-refractivity contribution in [3.63, 3.8) is 0 Å². The van der Waals surface area contributed by atoms with Gasteiger partial charge in [-0.1, -0.05) is 0 Å². The Kier molecular flexibility index (Phi) is 5.42. The molecule has 4 nitrogen and oxygen atoms in total. The average molecular weight is 157 g/mol. The van der Waals surface area contributed by atoms with Crippen LogP contribution in [0.1, 0.15) is 13.8 Å². The van der Waals surface area contributed by atoms with Gasteiger partial charge in [0.1, 0.15) is 0 Å². The van der Waals surface area contributed by atoms with Gasteiger partial charge in [0, 0.05) is 24.5 Å². The highest BCUT2D eigenvalue weighted by Crippen LogP contribution is 1.85. The van der Waals surface area contributed by atoms with E-state index >= 15 is 0 Å². The molecule has 0 aliphatic rings. The number of hydrogen-bond donors (Lipinski definition) is 4. The molecule has 11 heavy (non-hydrogen) atoms. The van der Waals surface area contributed by atoms with E-state index in [4.69, 9.17) is 10.6 Å². The van der Waals surface area contributed by atoms with E-state index in [9.17, 15) is 0 Å². The van der Waals surface area contributed by atoms with Crippen molar-refractivity contribution in [3.05, 3.63) is 11.8 Å². The topological polar surface area (TPSA) is 68.1 Å². The second-order valence-corrected chi connectivity index (χ2v) is 2.35. The maximum absolute atomic E-state index is 8.21. The van der Waals surface area contributed by atoms with E-state index in [0.29, 0.717) is 18.8 Å². The highest BCUT2D eigenvalue weighted by Gasteiger charge is 1.87. The Labute approximate surface area is 66.8 Å². The van der Waals surface area contributed by atoms with Crippen molar-refractivity contribution in [2.75, 3.05) is 13.1 Å². The lowest BCUT2D eigenvalue weighted by Crippen LogP contribution is -2.24. The molecule has 0 heterocycles. The van der Waals surface area contributed by atoms with Crippen LogP contribution in [0.25, 0.3) is 0 Å². The van der Waals surface area contributed by atoms with Gasteiger partial charge >= 0.3 is 0 Å². The second-order valence-electron chi connectivity index (χ2n) is 2.35. The summed E-state index contributed by atoms with van der Waals surface area (Å²) in [7, 11) is 0. The molecule has 0 unspecified atom stereocenters. The molecule has 0 atom stereocenters. The summed E-state index contributed by atoms with van der Waals surface area (Å²) in [4.78, 5) is 0. The van der Waals surface area contributed by atoms with Crippen molar-refractivity contribution in [3.8, 4) is 0 Å². The molecule has 0 saturated carbocycles.